The summed E-state index contributed by atoms with van der Waals surface area (Å²) in [6.07, 6.45) is 2.18. The van der Waals surface area contributed by atoms with Crippen LogP contribution in [-0.2, 0) is 0 Å². The zero-order valence-electron chi connectivity index (χ0n) is 12.1. The molecule has 112 valence electrons. The summed E-state index contributed by atoms with van der Waals surface area (Å²) in [6.45, 7) is 2.47. The van der Waals surface area contributed by atoms with Crippen molar-refractivity contribution >= 4 is 0 Å². The quantitative estimate of drug-likeness (QED) is 0.917. The van der Waals surface area contributed by atoms with Crippen molar-refractivity contribution < 1.29 is 8.78 Å². The molecule has 0 radical (unpaired) electrons. The van der Waals surface area contributed by atoms with Crippen molar-refractivity contribution in [3.05, 3.63) is 35.4 Å². The molecular formula is C15H23F2N3. The molecule has 0 aliphatic carbocycles. The third-order valence-electron chi connectivity index (χ3n) is 4.12. The molecule has 1 fully saturated rings. The summed E-state index contributed by atoms with van der Waals surface area (Å²) >= 11 is 0. The van der Waals surface area contributed by atoms with E-state index in [2.05, 4.69) is 23.9 Å². The molecule has 1 aliphatic rings. The van der Waals surface area contributed by atoms with Gasteiger partial charge in [-0.05, 0) is 46.1 Å². The van der Waals surface area contributed by atoms with E-state index in [9.17, 15) is 8.78 Å². The van der Waals surface area contributed by atoms with Gasteiger partial charge in [-0.15, -0.1) is 0 Å². The van der Waals surface area contributed by atoms with E-state index in [0.717, 1.165) is 32.0 Å². The molecule has 1 atom stereocenters. The molecular weight excluding hydrogens is 260 g/mol. The lowest BCUT2D eigenvalue weighted by atomic mass is 10.0. The topological polar surface area (TPSA) is 32.5 Å². The molecule has 1 aromatic rings. The Hall–Kier alpha value is -1.04. The predicted octanol–water partition coefficient (Wildman–Crippen LogP) is 1.99. The Morgan fingerprint density at radius 2 is 1.95 bits per heavy atom. The molecule has 3 nitrogen and oxygen atoms in total. The van der Waals surface area contributed by atoms with Crippen molar-refractivity contribution in [2.45, 2.75) is 24.9 Å². The molecule has 2 N–H and O–H groups in total. The maximum Gasteiger partial charge on any atom is 0.163 e. The number of benzene rings is 1. The van der Waals surface area contributed by atoms with Crippen molar-refractivity contribution in [3.63, 3.8) is 0 Å². The molecule has 1 unspecified atom stereocenters. The highest BCUT2D eigenvalue weighted by molar-refractivity contribution is 5.22. The third-order valence-corrected chi connectivity index (χ3v) is 4.12. The van der Waals surface area contributed by atoms with Crippen LogP contribution in [0.15, 0.2) is 18.2 Å². The number of rotatable bonds is 4. The summed E-state index contributed by atoms with van der Waals surface area (Å²) in [6, 6.07) is 4.31. The minimum atomic E-state index is -0.829. The average Bonchev–Trinajstić information content (AvgIpc) is 2.42. The van der Waals surface area contributed by atoms with E-state index in [1.165, 1.54) is 6.07 Å². The van der Waals surface area contributed by atoms with Crippen molar-refractivity contribution in [1.82, 2.24) is 9.80 Å². The number of halogens is 2. The van der Waals surface area contributed by atoms with Gasteiger partial charge in [-0.1, -0.05) is 12.1 Å². The molecule has 20 heavy (non-hydrogen) atoms. The lowest BCUT2D eigenvalue weighted by Gasteiger charge is -2.36. The lowest BCUT2D eigenvalue weighted by Crippen LogP contribution is -2.44. The SMILES string of the molecule is CN(C)C1CCN(CC(N)c2cccc(F)c2F)CC1. The van der Waals surface area contributed by atoms with Gasteiger partial charge in [-0.3, -0.25) is 0 Å². The average molecular weight is 283 g/mol. The van der Waals surface area contributed by atoms with Crippen molar-refractivity contribution in [2.24, 2.45) is 5.73 Å². The first kappa shape index (κ1) is 15.4. The van der Waals surface area contributed by atoms with Crippen LogP contribution in [0.25, 0.3) is 0 Å². The Kier molecular flexibility index (Phi) is 5.07. The largest absolute Gasteiger partial charge is 0.323 e. The van der Waals surface area contributed by atoms with Crippen LogP contribution in [0.4, 0.5) is 8.78 Å². The molecule has 1 aromatic carbocycles. The molecule has 0 bridgehead atoms. The second-order valence-corrected chi connectivity index (χ2v) is 5.74. The van der Waals surface area contributed by atoms with E-state index in [1.807, 2.05) is 0 Å². The van der Waals surface area contributed by atoms with Crippen LogP contribution in [0.2, 0.25) is 0 Å². The second-order valence-electron chi connectivity index (χ2n) is 5.74. The first-order valence-electron chi connectivity index (χ1n) is 7.07. The maximum atomic E-state index is 13.7. The molecule has 0 saturated carbocycles. The summed E-state index contributed by atoms with van der Waals surface area (Å²) in [5.74, 6) is -1.65. The van der Waals surface area contributed by atoms with Gasteiger partial charge in [0, 0.05) is 24.2 Å². The number of hydrogen-bond donors (Lipinski definition) is 1. The van der Waals surface area contributed by atoms with Gasteiger partial charge >= 0.3 is 0 Å². The Labute approximate surface area is 119 Å². The van der Waals surface area contributed by atoms with Gasteiger partial charge in [0.2, 0.25) is 0 Å². The van der Waals surface area contributed by atoms with E-state index in [0.29, 0.717) is 12.6 Å². The van der Waals surface area contributed by atoms with Gasteiger partial charge in [-0.2, -0.15) is 0 Å². The monoisotopic (exact) mass is 283 g/mol. The summed E-state index contributed by atoms with van der Waals surface area (Å²) in [7, 11) is 4.18. The standard InChI is InChI=1S/C15H23F2N3/c1-19(2)11-6-8-20(9-7-11)10-14(18)12-4-3-5-13(16)15(12)17/h3-5,11,14H,6-10,18H2,1-2H3. The summed E-state index contributed by atoms with van der Waals surface area (Å²) in [5.41, 5.74) is 6.29. The zero-order valence-corrected chi connectivity index (χ0v) is 12.1. The molecule has 5 heteroatoms. The summed E-state index contributed by atoms with van der Waals surface area (Å²) in [5, 5.41) is 0. The highest BCUT2D eigenvalue weighted by Crippen LogP contribution is 2.21. The van der Waals surface area contributed by atoms with Crippen LogP contribution in [0.3, 0.4) is 0 Å². The molecule has 1 heterocycles. The van der Waals surface area contributed by atoms with Crippen molar-refractivity contribution in [3.8, 4) is 0 Å². The molecule has 2 rings (SSSR count). The fourth-order valence-corrected chi connectivity index (χ4v) is 2.80. The Morgan fingerprint density at radius 3 is 2.55 bits per heavy atom. The van der Waals surface area contributed by atoms with Gasteiger partial charge in [-0.25, -0.2) is 8.78 Å². The molecule has 0 aromatic heterocycles. The van der Waals surface area contributed by atoms with Crippen LogP contribution in [0.1, 0.15) is 24.4 Å². The Bertz CT molecular complexity index is 443. The first-order valence-corrected chi connectivity index (χ1v) is 7.07. The highest BCUT2D eigenvalue weighted by atomic mass is 19.2. The van der Waals surface area contributed by atoms with Gasteiger partial charge < -0.3 is 15.5 Å². The lowest BCUT2D eigenvalue weighted by molar-refractivity contribution is 0.139. The normalized spacial score (nSPS) is 19.5. The maximum absolute atomic E-state index is 13.7. The van der Waals surface area contributed by atoms with Crippen LogP contribution in [-0.4, -0.2) is 49.6 Å². The molecule has 1 aliphatic heterocycles. The van der Waals surface area contributed by atoms with E-state index < -0.39 is 17.7 Å². The van der Waals surface area contributed by atoms with Gasteiger partial charge in [0.1, 0.15) is 0 Å². The van der Waals surface area contributed by atoms with E-state index in [4.69, 9.17) is 5.73 Å². The third kappa shape index (κ3) is 3.53. The van der Waals surface area contributed by atoms with Crippen LogP contribution in [0.5, 0.6) is 0 Å². The van der Waals surface area contributed by atoms with Crippen molar-refractivity contribution in [2.75, 3.05) is 33.7 Å². The van der Waals surface area contributed by atoms with E-state index in [-0.39, 0.29) is 5.56 Å². The fourth-order valence-electron chi connectivity index (χ4n) is 2.80. The molecule has 0 amide bonds. The Balaban J connectivity index is 1.92. The van der Waals surface area contributed by atoms with Gasteiger partial charge in [0.25, 0.3) is 0 Å². The van der Waals surface area contributed by atoms with Crippen LogP contribution >= 0.6 is 0 Å². The number of nitrogens with zero attached hydrogens (tertiary/aromatic N) is 2. The van der Waals surface area contributed by atoms with Crippen LogP contribution < -0.4 is 5.73 Å². The fraction of sp³-hybridized carbons (Fsp3) is 0.600. The van der Waals surface area contributed by atoms with E-state index in [1.54, 1.807) is 6.07 Å². The zero-order chi connectivity index (χ0) is 14.7. The summed E-state index contributed by atoms with van der Waals surface area (Å²) in [4.78, 5) is 4.47. The van der Waals surface area contributed by atoms with Gasteiger partial charge in [0.05, 0.1) is 0 Å². The smallest absolute Gasteiger partial charge is 0.163 e. The predicted molar refractivity (Wildman–Crippen MR) is 76.4 cm³/mol. The van der Waals surface area contributed by atoms with Crippen molar-refractivity contribution in [1.29, 1.82) is 0 Å². The minimum absolute atomic E-state index is 0.264. The highest BCUT2D eigenvalue weighted by Gasteiger charge is 2.23. The molecule has 1 saturated heterocycles. The first-order chi connectivity index (χ1) is 9.49. The number of likely N-dealkylation sites (tertiary alicyclic amines) is 1. The Morgan fingerprint density at radius 1 is 1.30 bits per heavy atom. The van der Waals surface area contributed by atoms with Gasteiger partial charge in [0.15, 0.2) is 11.6 Å². The number of piperidine rings is 1. The summed E-state index contributed by atoms with van der Waals surface area (Å²) < 4.78 is 26.9. The number of nitrogens with two attached hydrogens (primary N) is 1. The second kappa shape index (κ2) is 6.61. The van der Waals surface area contributed by atoms with Crippen LogP contribution in [0, 0.1) is 11.6 Å². The van der Waals surface area contributed by atoms with E-state index >= 15 is 0 Å². The minimum Gasteiger partial charge on any atom is -0.323 e. The molecule has 0 spiro atoms. The number of hydrogen-bond acceptors (Lipinski definition) is 3.